The van der Waals surface area contributed by atoms with Crippen LogP contribution >= 0.6 is 11.3 Å². The summed E-state index contributed by atoms with van der Waals surface area (Å²) in [6.45, 7) is 0. The average molecular weight is 178 g/mol. The molecule has 2 heteroatoms. The average Bonchev–Trinajstić information content (AvgIpc) is 2.58. The SMILES string of the molecule is O=C1CC=C(c2ccsc2)CC1. The zero-order valence-corrected chi connectivity index (χ0v) is 7.56. The monoisotopic (exact) mass is 178 g/mol. The van der Waals surface area contributed by atoms with Gasteiger partial charge in [-0.25, -0.2) is 0 Å². The van der Waals surface area contributed by atoms with E-state index in [1.54, 1.807) is 11.3 Å². The van der Waals surface area contributed by atoms with Gasteiger partial charge in [0.05, 0.1) is 0 Å². The van der Waals surface area contributed by atoms with E-state index in [4.69, 9.17) is 0 Å². The zero-order chi connectivity index (χ0) is 8.39. The number of allylic oxidation sites excluding steroid dienone is 2. The highest BCUT2D eigenvalue weighted by molar-refractivity contribution is 7.08. The molecule has 0 saturated heterocycles. The van der Waals surface area contributed by atoms with Crippen LogP contribution in [0.25, 0.3) is 5.57 Å². The van der Waals surface area contributed by atoms with Crippen LogP contribution < -0.4 is 0 Å². The topological polar surface area (TPSA) is 17.1 Å². The van der Waals surface area contributed by atoms with Gasteiger partial charge in [-0.3, -0.25) is 4.79 Å². The lowest BCUT2D eigenvalue weighted by Crippen LogP contribution is -2.02. The van der Waals surface area contributed by atoms with E-state index in [2.05, 4.69) is 22.9 Å². The normalized spacial score (nSPS) is 17.7. The highest BCUT2D eigenvalue weighted by Crippen LogP contribution is 2.26. The Morgan fingerprint density at radius 1 is 1.33 bits per heavy atom. The summed E-state index contributed by atoms with van der Waals surface area (Å²) in [6, 6.07) is 2.12. The molecule has 1 nitrogen and oxygen atoms in total. The molecule has 0 unspecified atom stereocenters. The summed E-state index contributed by atoms with van der Waals surface area (Å²) in [7, 11) is 0. The van der Waals surface area contributed by atoms with Gasteiger partial charge in [0, 0.05) is 12.8 Å². The Morgan fingerprint density at radius 2 is 2.25 bits per heavy atom. The van der Waals surface area contributed by atoms with Gasteiger partial charge >= 0.3 is 0 Å². The molecule has 62 valence electrons. The highest BCUT2D eigenvalue weighted by Gasteiger charge is 2.11. The minimum Gasteiger partial charge on any atom is -0.299 e. The van der Waals surface area contributed by atoms with E-state index in [0.717, 1.165) is 12.8 Å². The van der Waals surface area contributed by atoms with Crippen molar-refractivity contribution in [3.8, 4) is 0 Å². The number of Topliss-reactive ketones (excluding diaryl/α,β-unsaturated/α-hetero) is 1. The van der Waals surface area contributed by atoms with Crippen molar-refractivity contribution in [3.63, 3.8) is 0 Å². The van der Waals surface area contributed by atoms with Gasteiger partial charge in [0.1, 0.15) is 5.78 Å². The molecule has 1 heterocycles. The third-order valence-electron chi connectivity index (χ3n) is 2.14. The number of hydrogen-bond acceptors (Lipinski definition) is 2. The van der Waals surface area contributed by atoms with Crippen molar-refractivity contribution in [3.05, 3.63) is 28.5 Å². The Bertz CT molecular complexity index is 309. The molecule has 0 spiro atoms. The molecule has 0 atom stereocenters. The first-order chi connectivity index (χ1) is 5.86. The summed E-state index contributed by atoms with van der Waals surface area (Å²) in [5.74, 6) is 0.369. The predicted octanol–water partition coefficient (Wildman–Crippen LogP) is 2.88. The van der Waals surface area contributed by atoms with Gasteiger partial charge < -0.3 is 0 Å². The maximum absolute atomic E-state index is 10.9. The fourth-order valence-corrected chi connectivity index (χ4v) is 2.10. The van der Waals surface area contributed by atoms with Gasteiger partial charge in [0.25, 0.3) is 0 Å². The second kappa shape index (κ2) is 3.23. The van der Waals surface area contributed by atoms with Crippen molar-refractivity contribution >= 4 is 22.7 Å². The fourth-order valence-electron chi connectivity index (χ4n) is 1.42. The molecule has 12 heavy (non-hydrogen) atoms. The van der Waals surface area contributed by atoms with E-state index in [-0.39, 0.29) is 0 Å². The molecule has 0 aromatic carbocycles. The van der Waals surface area contributed by atoms with Crippen LogP contribution in [-0.4, -0.2) is 5.78 Å². The highest BCUT2D eigenvalue weighted by atomic mass is 32.1. The molecule has 1 aromatic heterocycles. The first-order valence-electron chi connectivity index (χ1n) is 4.09. The van der Waals surface area contributed by atoms with Gasteiger partial charge in [0.2, 0.25) is 0 Å². The lowest BCUT2D eigenvalue weighted by molar-refractivity contribution is -0.118. The summed E-state index contributed by atoms with van der Waals surface area (Å²) >= 11 is 1.71. The number of ketones is 1. The number of hydrogen-bond donors (Lipinski definition) is 0. The zero-order valence-electron chi connectivity index (χ0n) is 6.75. The molecule has 1 aliphatic carbocycles. The van der Waals surface area contributed by atoms with Crippen molar-refractivity contribution < 1.29 is 4.79 Å². The molecular weight excluding hydrogens is 168 g/mol. The van der Waals surface area contributed by atoms with Crippen LogP contribution in [0, 0.1) is 0 Å². The van der Waals surface area contributed by atoms with Crippen LogP contribution in [0.2, 0.25) is 0 Å². The van der Waals surface area contributed by atoms with Crippen LogP contribution in [-0.2, 0) is 4.79 Å². The first-order valence-corrected chi connectivity index (χ1v) is 5.04. The smallest absolute Gasteiger partial charge is 0.137 e. The van der Waals surface area contributed by atoms with Crippen molar-refractivity contribution in [2.45, 2.75) is 19.3 Å². The Morgan fingerprint density at radius 3 is 2.83 bits per heavy atom. The van der Waals surface area contributed by atoms with E-state index in [1.165, 1.54) is 11.1 Å². The van der Waals surface area contributed by atoms with Crippen molar-refractivity contribution in [1.29, 1.82) is 0 Å². The van der Waals surface area contributed by atoms with E-state index in [0.29, 0.717) is 12.2 Å². The summed E-state index contributed by atoms with van der Waals surface area (Å²) in [4.78, 5) is 10.9. The quantitative estimate of drug-likeness (QED) is 0.646. The maximum atomic E-state index is 10.9. The number of thiophene rings is 1. The first kappa shape index (κ1) is 7.74. The Hall–Kier alpha value is -0.890. The molecule has 0 bridgehead atoms. The van der Waals surface area contributed by atoms with Gasteiger partial charge in [-0.1, -0.05) is 6.08 Å². The molecule has 1 aromatic rings. The lowest BCUT2D eigenvalue weighted by atomic mass is 9.95. The second-order valence-corrected chi connectivity index (χ2v) is 3.76. The lowest BCUT2D eigenvalue weighted by Gasteiger charge is -2.09. The largest absolute Gasteiger partial charge is 0.299 e. The van der Waals surface area contributed by atoms with Crippen molar-refractivity contribution in [2.75, 3.05) is 0 Å². The maximum Gasteiger partial charge on any atom is 0.137 e. The van der Waals surface area contributed by atoms with Gasteiger partial charge in [-0.05, 0) is 34.4 Å². The molecule has 0 saturated carbocycles. The van der Waals surface area contributed by atoms with E-state index in [1.807, 2.05) is 0 Å². The summed E-state index contributed by atoms with van der Waals surface area (Å²) in [6.07, 6.45) is 4.34. The second-order valence-electron chi connectivity index (χ2n) is 2.98. The minimum absolute atomic E-state index is 0.369. The van der Waals surface area contributed by atoms with Crippen LogP contribution in [0.15, 0.2) is 22.9 Å². The van der Waals surface area contributed by atoms with Gasteiger partial charge in [-0.2, -0.15) is 11.3 Å². The van der Waals surface area contributed by atoms with E-state index < -0.39 is 0 Å². The fraction of sp³-hybridized carbons (Fsp3) is 0.300. The van der Waals surface area contributed by atoms with Crippen molar-refractivity contribution in [2.24, 2.45) is 0 Å². The van der Waals surface area contributed by atoms with Crippen LogP contribution in [0.1, 0.15) is 24.8 Å². The molecule has 1 aliphatic rings. The van der Waals surface area contributed by atoms with Crippen LogP contribution in [0.4, 0.5) is 0 Å². The number of carbonyl (C=O) groups excluding carboxylic acids is 1. The third kappa shape index (κ3) is 1.48. The third-order valence-corrected chi connectivity index (χ3v) is 2.82. The summed E-state index contributed by atoms with van der Waals surface area (Å²) in [5, 5.41) is 4.22. The standard InChI is InChI=1S/C10H10OS/c11-10-3-1-8(2-4-10)9-5-6-12-7-9/h1,5-7H,2-4H2. The molecule has 2 rings (SSSR count). The van der Waals surface area contributed by atoms with E-state index >= 15 is 0 Å². The van der Waals surface area contributed by atoms with Crippen LogP contribution in [0.3, 0.4) is 0 Å². The molecule has 0 radical (unpaired) electrons. The molecule has 0 N–H and O–H groups in total. The Labute approximate surface area is 75.7 Å². The minimum atomic E-state index is 0.369. The Balaban J connectivity index is 2.21. The molecule has 0 aliphatic heterocycles. The number of rotatable bonds is 1. The summed E-state index contributed by atoms with van der Waals surface area (Å²) < 4.78 is 0. The van der Waals surface area contributed by atoms with Crippen molar-refractivity contribution in [1.82, 2.24) is 0 Å². The van der Waals surface area contributed by atoms with Gasteiger partial charge in [0.15, 0.2) is 0 Å². The molecule has 0 fully saturated rings. The molecule has 0 amide bonds. The van der Waals surface area contributed by atoms with Crippen LogP contribution in [0.5, 0.6) is 0 Å². The number of carbonyl (C=O) groups is 1. The Kier molecular flexibility index (Phi) is 2.09. The van der Waals surface area contributed by atoms with Gasteiger partial charge in [-0.15, -0.1) is 0 Å². The van der Waals surface area contributed by atoms with E-state index in [9.17, 15) is 4.79 Å². The predicted molar refractivity (Wildman–Crippen MR) is 51.2 cm³/mol. The molecular formula is C10H10OS. The summed E-state index contributed by atoms with van der Waals surface area (Å²) in [5.41, 5.74) is 2.64.